The van der Waals surface area contributed by atoms with Gasteiger partial charge < -0.3 is 10.1 Å². The van der Waals surface area contributed by atoms with Crippen LogP contribution in [0.5, 0.6) is 5.75 Å². The van der Waals surface area contributed by atoms with Crippen LogP contribution in [0.2, 0.25) is 5.02 Å². The fourth-order valence-corrected chi connectivity index (χ4v) is 1.58. The van der Waals surface area contributed by atoms with Crippen molar-refractivity contribution < 1.29 is 13.5 Å². The van der Waals surface area contributed by atoms with Gasteiger partial charge in [0, 0.05) is 17.1 Å². The van der Waals surface area contributed by atoms with Gasteiger partial charge in [0.2, 0.25) is 0 Å². The van der Waals surface area contributed by atoms with Gasteiger partial charge in [-0.15, -0.1) is 0 Å². The Bertz CT molecular complexity index is 397. The third-order valence-electron chi connectivity index (χ3n) is 2.17. The van der Waals surface area contributed by atoms with Gasteiger partial charge in [-0.3, -0.25) is 0 Å². The lowest BCUT2D eigenvalue weighted by Gasteiger charge is -2.08. The van der Waals surface area contributed by atoms with E-state index in [4.69, 9.17) is 11.6 Å². The minimum absolute atomic E-state index is 0.126. The van der Waals surface area contributed by atoms with Crippen molar-refractivity contribution in [3.05, 3.63) is 34.9 Å². The van der Waals surface area contributed by atoms with Crippen LogP contribution in [0.1, 0.15) is 18.9 Å². The van der Waals surface area contributed by atoms with Crippen LogP contribution in [0.25, 0.3) is 6.08 Å². The standard InChI is InChI=1S/C13H16ClF2NO/c1-2-7-17-8-3-4-10-9-11(14)5-6-12(10)18-13(15)16/h3-6,9,13,17H,2,7-8H2,1H3. The normalized spacial score (nSPS) is 11.4. The number of hydrogen-bond donors (Lipinski definition) is 1. The summed E-state index contributed by atoms with van der Waals surface area (Å²) in [7, 11) is 0. The molecule has 1 aromatic carbocycles. The van der Waals surface area contributed by atoms with Gasteiger partial charge in [0.25, 0.3) is 0 Å². The molecule has 1 rings (SSSR count). The van der Waals surface area contributed by atoms with Crippen LogP contribution in [0.15, 0.2) is 24.3 Å². The summed E-state index contributed by atoms with van der Waals surface area (Å²) in [4.78, 5) is 0. The predicted molar refractivity (Wildman–Crippen MR) is 70.3 cm³/mol. The van der Waals surface area contributed by atoms with Gasteiger partial charge in [-0.1, -0.05) is 30.7 Å². The fraction of sp³-hybridized carbons (Fsp3) is 0.385. The molecule has 100 valence electrons. The molecule has 0 radical (unpaired) electrons. The molecule has 0 heterocycles. The summed E-state index contributed by atoms with van der Waals surface area (Å²) in [5, 5.41) is 3.66. The highest BCUT2D eigenvalue weighted by Crippen LogP contribution is 2.25. The summed E-state index contributed by atoms with van der Waals surface area (Å²) in [6.45, 7) is 0.827. The molecule has 0 amide bonds. The molecule has 0 aliphatic carbocycles. The number of alkyl halides is 2. The van der Waals surface area contributed by atoms with E-state index in [1.165, 1.54) is 12.1 Å². The quantitative estimate of drug-likeness (QED) is 0.761. The Kier molecular flexibility index (Phi) is 6.68. The van der Waals surface area contributed by atoms with Crippen LogP contribution in [0.3, 0.4) is 0 Å². The maximum absolute atomic E-state index is 12.2. The van der Waals surface area contributed by atoms with Gasteiger partial charge in [-0.2, -0.15) is 8.78 Å². The van der Waals surface area contributed by atoms with E-state index in [2.05, 4.69) is 17.0 Å². The van der Waals surface area contributed by atoms with Gasteiger partial charge in [0.15, 0.2) is 0 Å². The van der Waals surface area contributed by atoms with Gasteiger partial charge in [0.05, 0.1) is 0 Å². The number of benzene rings is 1. The molecule has 0 saturated carbocycles. The number of rotatable bonds is 7. The van der Waals surface area contributed by atoms with Gasteiger partial charge in [0.1, 0.15) is 5.75 Å². The summed E-state index contributed by atoms with van der Waals surface area (Å²) in [5.41, 5.74) is 0.543. The minimum atomic E-state index is -2.84. The van der Waals surface area contributed by atoms with Crippen molar-refractivity contribution in [3.63, 3.8) is 0 Å². The van der Waals surface area contributed by atoms with Crippen LogP contribution in [0, 0.1) is 0 Å². The maximum Gasteiger partial charge on any atom is 0.387 e. The van der Waals surface area contributed by atoms with Crippen molar-refractivity contribution in [2.75, 3.05) is 13.1 Å². The molecule has 2 nitrogen and oxygen atoms in total. The van der Waals surface area contributed by atoms with Crippen LogP contribution >= 0.6 is 11.6 Å². The highest BCUT2D eigenvalue weighted by Gasteiger charge is 2.08. The van der Waals surface area contributed by atoms with Crippen molar-refractivity contribution >= 4 is 17.7 Å². The lowest BCUT2D eigenvalue weighted by molar-refractivity contribution is -0.0499. The average Bonchev–Trinajstić information content (AvgIpc) is 2.31. The molecule has 0 aliphatic rings. The van der Waals surface area contributed by atoms with E-state index in [1.807, 2.05) is 6.08 Å². The van der Waals surface area contributed by atoms with E-state index >= 15 is 0 Å². The Balaban J connectivity index is 2.69. The third-order valence-corrected chi connectivity index (χ3v) is 2.41. The molecule has 0 bridgehead atoms. The second-order valence-electron chi connectivity index (χ2n) is 3.67. The molecule has 0 atom stereocenters. The van der Waals surface area contributed by atoms with Crippen molar-refractivity contribution in [1.29, 1.82) is 0 Å². The molecule has 18 heavy (non-hydrogen) atoms. The van der Waals surface area contributed by atoms with Gasteiger partial charge in [-0.05, 0) is 31.2 Å². The van der Waals surface area contributed by atoms with E-state index in [9.17, 15) is 8.78 Å². The predicted octanol–water partition coefficient (Wildman–Crippen LogP) is 3.95. The molecule has 1 aromatic rings. The minimum Gasteiger partial charge on any atom is -0.434 e. The van der Waals surface area contributed by atoms with E-state index < -0.39 is 6.61 Å². The lowest BCUT2D eigenvalue weighted by Crippen LogP contribution is -2.13. The third kappa shape index (κ3) is 5.47. The summed E-state index contributed by atoms with van der Waals surface area (Å²) in [5.74, 6) is 0.126. The van der Waals surface area contributed by atoms with Crippen molar-refractivity contribution in [3.8, 4) is 5.75 Å². The van der Waals surface area contributed by atoms with Crippen LogP contribution in [-0.2, 0) is 0 Å². The Hall–Kier alpha value is -1.13. The van der Waals surface area contributed by atoms with Crippen molar-refractivity contribution in [1.82, 2.24) is 5.32 Å². The molecule has 0 unspecified atom stereocenters. The second kappa shape index (κ2) is 8.06. The summed E-state index contributed by atoms with van der Waals surface area (Å²) < 4.78 is 28.8. The number of nitrogens with one attached hydrogen (secondary N) is 1. The summed E-state index contributed by atoms with van der Waals surface area (Å²) >= 11 is 5.82. The highest BCUT2D eigenvalue weighted by atomic mass is 35.5. The summed E-state index contributed by atoms with van der Waals surface area (Å²) in [6.07, 6.45) is 4.61. The lowest BCUT2D eigenvalue weighted by atomic mass is 10.2. The Labute approximate surface area is 111 Å². The molecular weight excluding hydrogens is 260 g/mol. The molecule has 1 N–H and O–H groups in total. The zero-order valence-electron chi connectivity index (χ0n) is 10.1. The Morgan fingerprint density at radius 1 is 1.44 bits per heavy atom. The molecule has 0 saturated heterocycles. The van der Waals surface area contributed by atoms with Crippen LogP contribution in [-0.4, -0.2) is 19.7 Å². The highest BCUT2D eigenvalue weighted by molar-refractivity contribution is 6.30. The number of ether oxygens (including phenoxy) is 1. The average molecular weight is 276 g/mol. The molecular formula is C13H16ClF2NO. The maximum atomic E-state index is 12.2. The topological polar surface area (TPSA) is 21.3 Å². The first-order valence-corrected chi connectivity index (χ1v) is 6.13. The summed E-state index contributed by atoms with van der Waals surface area (Å²) in [6, 6.07) is 4.55. The number of halogens is 3. The largest absolute Gasteiger partial charge is 0.434 e. The van der Waals surface area contributed by atoms with Crippen LogP contribution in [0.4, 0.5) is 8.78 Å². The monoisotopic (exact) mass is 275 g/mol. The Morgan fingerprint density at radius 3 is 2.89 bits per heavy atom. The van der Waals surface area contributed by atoms with Crippen molar-refractivity contribution in [2.45, 2.75) is 20.0 Å². The van der Waals surface area contributed by atoms with E-state index in [1.54, 1.807) is 12.1 Å². The molecule has 0 spiro atoms. The fourth-order valence-electron chi connectivity index (χ4n) is 1.40. The molecule has 0 aromatic heterocycles. The number of hydrogen-bond acceptors (Lipinski definition) is 2. The van der Waals surface area contributed by atoms with E-state index in [0.29, 0.717) is 17.1 Å². The zero-order chi connectivity index (χ0) is 13.4. The van der Waals surface area contributed by atoms with Gasteiger partial charge >= 0.3 is 6.61 Å². The van der Waals surface area contributed by atoms with E-state index in [-0.39, 0.29) is 5.75 Å². The first-order chi connectivity index (χ1) is 8.63. The van der Waals surface area contributed by atoms with Gasteiger partial charge in [-0.25, -0.2) is 0 Å². The van der Waals surface area contributed by atoms with Crippen molar-refractivity contribution in [2.24, 2.45) is 0 Å². The first kappa shape index (κ1) is 14.9. The molecule has 0 fully saturated rings. The smallest absolute Gasteiger partial charge is 0.387 e. The van der Waals surface area contributed by atoms with E-state index in [0.717, 1.165) is 13.0 Å². The zero-order valence-corrected chi connectivity index (χ0v) is 10.9. The Morgan fingerprint density at radius 2 is 2.22 bits per heavy atom. The first-order valence-electron chi connectivity index (χ1n) is 5.75. The molecule has 0 aliphatic heterocycles. The SMILES string of the molecule is CCCNCC=Cc1cc(Cl)ccc1OC(F)F. The molecule has 5 heteroatoms. The van der Waals surface area contributed by atoms with Crippen LogP contribution < -0.4 is 10.1 Å². The second-order valence-corrected chi connectivity index (χ2v) is 4.10.